The fourth-order valence-electron chi connectivity index (χ4n) is 3.09. The van der Waals surface area contributed by atoms with Crippen LogP contribution in [0.25, 0.3) is 17.1 Å². The van der Waals surface area contributed by atoms with Crippen molar-refractivity contribution in [3.63, 3.8) is 0 Å². The first kappa shape index (κ1) is 22.2. The average Bonchev–Trinajstić information content (AvgIpc) is 3.28. The van der Waals surface area contributed by atoms with Crippen LogP contribution in [0.3, 0.4) is 0 Å². The summed E-state index contributed by atoms with van der Waals surface area (Å²) in [5, 5.41) is 12.1. The van der Waals surface area contributed by atoms with E-state index in [4.69, 9.17) is 4.74 Å². The second-order valence-electron chi connectivity index (χ2n) is 6.85. The number of carbonyl (C=O) groups excluding carboxylic acids is 2. The number of hydrogen-bond acceptors (Lipinski definition) is 7. The zero-order valence-corrected chi connectivity index (χ0v) is 18.7. The summed E-state index contributed by atoms with van der Waals surface area (Å²) in [6, 6.07) is 20.0. The van der Waals surface area contributed by atoms with Crippen molar-refractivity contribution in [2.24, 2.45) is 0 Å². The topological polar surface area (TPSA) is 99.0 Å². The van der Waals surface area contributed by atoms with E-state index in [9.17, 15) is 9.59 Å². The lowest BCUT2D eigenvalue weighted by atomic mass is 10.2. The van der Waals surface area contributed by atoms with Crippen LogP contribution in [0.4, 0.5) is 5.69 Å². The van der Waals surface area contributed by atoms with Gasteiger partial charge in [0, 0.05) is 29.3 Å². The molecule has 0 unspecified atom stereocenters. The normalized spacial score (nSPS) is 10.6. The maximum atomic E-state index is 12.5. The van der Waals surface area contributed by atoms with Crippen LogP contribution in [0.5, 0.6) is 0 Å². The van der Waals surface area contributed by atoms with Crippen molar-refractivity contribution in [3.8, 4) is 17.1 Å². The lowest BCUT2D eigenvalue weighted by Gasteiger charge is -2.10. The number of para-hydroxylation sites is 1. The molecule has 4 rings (SSSR count). The fraction of sp³-hybridized carbons (Fsp3) is 0.125. The molecule has 1 N–H and O–H groups in total. The van der Waals surface area contributed by atoms with E-state index >= 15 is 0 Å². The number of nitrogens with one attached hydrogen (secondary N) is 1. The van der Waals surface area contributed by atoms with Gasteiger partial charge in [-0.3, -0.25) is 14.3 Å². The summed E-state index contributed by atoms with van der Waals surface area (Å²) in [4.78, 5) is 28.4. The molecule has 0 atom stereocenters. The first-order valence-electron chi connectivity index (χ1n) is 10.3. The number of hydrogen-bond donors (Lipinski definition) is 1. The minimum atomic E-state index is -0.392. The summed E-state index contributed by atoms with van der Waals surface area (Å²) >= 11 is 1.29. The molecule has 0 bridgehead atoms. The number of amides is 1. The zero-order chi connectivity index (χ0) is 23.0. The Morgan fingerprint density at radius 2 is 1.70 bits per heavy atom. The molecule has 1 amide bonds. The van der Waals surface area contributed by atoms with Gasteiger partial charge in [-0.2, -0.15) is 0 Å². The molecule has 4 aromatic rings. The molecule has 2 heterocycles. The Balaban J connectivity index is 1.48. The van der Waals surface area contributed by atoms with Gasteiger partial charge in [-0.1, -0.05) is 30.0 Å². The predicted molar refractivity (Wildman–Crippen MR) is 126 cm³/mol. The summed E-state index contributed by atoms with van der Waals surface area (Å²) < 4.78 is 6.89. The minimum Gasteiger partial charge on any atom is -0.462 e. The highest BCUT2D eigenvalue weighted by atomic mass is 32.2. The number of carbonyl (C=O) groups is 2. The highest BCUT2D eigenvalue weighted by molar-refractivity contribution is 7.99. The molecule has 0 spiro atoms. The van der Waals surface area contributed by atoms with Crippen LogP contribution in [0.1, 0.15) is 17.3 Å². The number of nitrogens with zero attached hydrogens (tertiary/aromatic N) is 4. The van der Waals surface area contributed by atoms with Gasteiger partial charge in [0.05, 0.1) is 17.9 Å². The third-order valence-corrected chi connectivity index (χ3v) is 5.53. The Labute approximate surface area is 195 Å². The van der Waals surface area contributed by atoms with Crippen LogP contribution < -0.4 is 5.32 Å². The molecule has 33 heavy (non-hydrogen) atoms. The molecule has 8 nitrogen and oxygen atoms in total. The second-order valence-corrected chi connectivity index (χ2v) is 7.79. The Kier molecular flexibility index (Phi) is 7.11. The summed E-state index contributed by atoms with van der Waals surface area (Å²) in [5.74, 6) is 0.218. The van der Waals surface area contributed by atoms with Gasteiger partial charge in [0.25, 0.3) is 0 Å². The van der Waals surface area contributed by atoms with Gasteiger partial charge in [-0.05, 0) is 55.5 Å². The van der Waals surface area contributed by atoms with E-state index in [2.05, 4.69) is 20.5 Å². The Morgan fingerprint density at radius 3 is 2.39 bits per heavy atom. The molecule has 0 aliphatic carbocycles. The second kappa shape index (κ2) is 10.6. The van der Waals surface area contributed by atoms with Gasteiger partial charge in [0.15, 0.2) is 11.0 Å². The van der Waals surface area contributed by atoms with Crippen LogP contribution in [0.15, 0.2) is 84.3 Å². The fourth-order valence-corrected chi connectivity index (χ4v) is 3.84. The SMILES string of the molecule is CCOC(=O)c1ccc(NC(=O)CSc2nnc(-c3ccncc3)n2-c2ccccc2)cc1. The van der Waals surface area contributed by atoms with Gasteiger partial charge >= 0.3 is 5.97 Å². The zero-order valence-electron chi connectivity index (χ0n) is 17.8. The van der Waals surface area contributed by atoms with E-state index in [1.807, 2.05) is 47.0 Å². The Bertz CT molecular complexity index is 1230. The molecule has 9 heteroatoms. The largest absolute Gasteiger partial charge is 0.462 e. The molecular weight excluding hydrogens is 438 g/mol. The number of pyridine rings is 1. The monoisotopic (exact) mass is 459 g/mol. The maximum absolute atomic E-state index is 12.5. The van der Waals surface area contributed by atoms with Crippen LogP contribution in [0, 0.1) is 0 Å². The molecular formula is C24H21N5O3S. The maximum Gasteiger partial charge on any atom is 0.338 e. The summed E-state index contributed by atoms with van der Waals surface area (Å²) in [5.41, 5.74) is 2.80. The van der Waals surface area contributed by atoms with E-state index in [0.717, 1.165) is 11.3 Å². The lowest BCUT2D eigenvalue weighted by molar-refractivity contribution is -0.113. The number of ether oxygens (including phenoxy) is 1. The third kappa shape index (κ3) is 5.45. The predicted octanol–water partition coefficient (Wildman–Crippen LogP) is 4.24. The summed E-state index contributed by atoms with van der Waals surface area (Å²) in [7, 11) is 0. The van der Waals surface area contributed by atoms with Gasteiger partial charge in [-0.15, -0.1) is 10.2 Å². The first-order chi connectivity index (χ1) is 16.2. The van der Waals surface area contributed by atoms with Crippen molar-refractivity contribution in [2.75, 3.05) is 17.7 Å². The highest BCUT2D eigenvalue weighted by Gasteiger charge is 2.17. The molecule has 0 radical (unpaired) electrons. The van der Waals surface area contributed by atoms with Gasteiger partial charge in [0.1, 0.15) is 0 Å². The Morgan fingerprint density at radius 1 is 0.970 bits per heavy atom. The quantitative estimate of drug-likeness (QED) is 0.311. The van der Waals surface area contributed by atoms with E-state index in [-0.39, 0.29) is 11.7 Å². The van der Waals surface area contributed by atoms with Crippen molar-refractivity contribution >= 4 is 29.3 Å². The van der Waals surface area contributed by atoms with E-state index in [0.29, 0.717) is 28.8 Å². The molecule has 0 saturated heterocycles. The molecule has 0 fully saturated rings. The number of rotatable bonds is 8. The first-order valence-corrected chi connectivity index (χ1v) is 11.3. The van der Waals surface area contributed by atoms with Crippen molar-refractivity contribution < 1.29 is 14.3 Å². The van der Waals surface area contributed by atoms with E-state index in [1.165, 1.54) is 11.8 Å². The number of anilines is 1. The molecule has 2 aromatic heterocycles. The van der Waals surface area contributed by atoms with Crippen LogP contribution in [0.2, 0.25) is 0 Å². The van der Waals surface area contributed by atoms with Gasteiger partial charge in [0.2, 0.25) is 5.91 Å². The van der Waals surface area contributed by atoms with E-state index < -0.39 is 5.97 Å². The van der Waals surface area contributed by atoms with Crippen molar-refractivity contribution in [3.05, 3.63) is 84.7 Å². The molecule has 0 saturated carbocycles. The van der Waals surface area contributed by atoms with Crippen molar-refractivity contribution in [1.29, 1.82) is 0 Å². The summed E-state index contributed by atoms with van der Waals surface area (Å²) in [6.45, 7) is 2.06. The van der Waals surface area contributed by atoms with Crippen LogP contribution >= 0.6 is 11.8 Å². The Hall–Kier alpha value is -3.98. The minimum absolute atomic E-state index is 0.140. The van der Waals surface area contributed by atoms with Gasteiger partial charge in [-0.25, -0.2) is 4.79 Å². The molecule has 166 valence electrons. The molecule has 0 aliphatic heterocycles. The van der Waals surface area contributed by atoms with Gasteiger partial charge < -0.3 is 10.1 Å². The number of aromatic nitrogens is 4. The number of benzene rings is 2. The highest BCUT2D eigenvalue weighted by Crippen LogP contribution is 2.27. The summed E-state index contributed by atoms with van der Waals surface area (Å²) in [6.07, 6.45) is 3.40. The van der Waals surface area contributed by atoms with Crippen LogP contribution in [-0.4, -0.2) is 44.0 Å². The third-order valence-electron chi connectivity index (χ3n) is 4.60. The van der Waals surface area contributed by atoms with E-state index in [1.54, 1.807) is 43.6 Å². The lowest BCUT2D eigenvalue weighted by Crippen LogP contribution is -2.15. The standard InChI is InChI=1S/C24H21N5O3S/c1-2-32-23(31)18-8-10-19(11-9-18)26-21(30)16-33-24-28-27-22(17-12-14-25-15-13-17)29(24)20-6-4-3-5-7-20/h3-15H,2,16H2,1H3,(H,26,30). The number of esters is 1. The van der Waals surface area contributed by atoms with Crippen LogP contribution in [-0.2, 0) is 9.53 Å². The van der Waals surface area contributed by atoms with Crippen molar-refractivity contribution in [1.82, 2.24) is 19.7 Å². The average molecular weight is 460 g/mol. The molecule has 0 aliphatic rings. The smallest absolute Gasteiger partial charge is 0.338 e. The number of thioether (sulfide) groups is 1. The van der Waals surface area contributed by atoms with Crippen molar-refractivity contribution in [2.45, 2.75) is 12.1 Å². The molecule has 2 aromatic carbocycles.